The average molecular weight is 426 g/mol. The predicted molar refractivity (Wildman–Crippen MR) is 113 cm³/mol. The van der Waals surface area contributed by atoms with E-state index in [1.165, 1.54) is 11.0 Å². The minimum atomic E-state index is -0.581. The lowest BCUT2D eigenvalue weighted by Gasteiger charge is -2.30. The minimum absolute atomic E-state index is 0.176. The van der Waals surface area contributed by atoms with Crippen molar-refractivity contribution in [1.29, 1.82) is 0 Å². The molecule has 160 valence electrons. The van der Waals surface area contributed by atoms with Crippen molar-refractivity contribution < 1.29 is 18.7 Å². The summed E-state index contributed by atoms with van der Waals surface area (Å²) in [6.45, 7) is 3.52. The largest absolute Gasteiger partial charge is 0.442 e. The number of amides is 2. The standard InChI is InChI=1S/C19H28FN5O3S/c1-29-9-4-16(21)18(26)23-11-14-12-25(19(27)28-14)13-2-3-17(15(20)10-13)24-7-5-22-6-8-24/h2-3,10,14,16,22H,4-9,11-12,21H2,1H3,(H,23,26)/t14?,16-/m0/s1. The fourth-order valence-corrected chi connectivity index (χ4v) is 3.88. The molecule has 1 aromatic rings. The maximum absolute atomic E-state index is 14.6. The van der Waals surface area contributed by atoms with Gasteiger partial charge in [-0.15, -0.1) is 0 Å². The van der Waals surface area contributed by atoms with Crippen molar-refractivity contribution in [2.45, 2.75) is 18.6 Å². The molecule has 0 aromatic heterocycles. The molecule has 2 fully saturated rings. The van der Waals surface area contributed by atoms with E-state index in [2.05, 4.69) is 10.6 Å². The fourth-order valence-electron chi connectivity index (χ4n) is 3.39. The van der Waals surface area contributed by atoms with Crippen molar-refractivity contribution in [3.05, 3.63) is 24.0 Å². The Bertz CT molecular complexity index is 732. The number of carbonyl (C=O) groups excluding carboxylic acids is 2. The molecular weight excluding hydrogens is 397 g/mol. The maximum atomic E-state index is 14.6. The molecular formula is C19H28FN5O3S. The van der Waals surface area contributed by atoms with Gasteiger partial charge in [0.25, 0.3) is 0 Å². The number of hydrogen-bond acceptors (Lipinski definition) is 7. The van der Waals surface area contributed by atoms with Crippen LogP contribution in [0.2, 0.25) is 0 Å². The van der Waals surface area contributed by atoms with E-state index >= 15 is 0 Å². The van der Waals surface area contributed by atoms with E-state index < -0.39 is 18.2 Å². The van der Waals surface area contributed by atoms with Gasteiger partial charge in [-0.3, -0.25) is 9.69 Å². The number of anilines is 2. The van der Waals surface area contributed by atoms with Crippen LogP contribution in [0.15, 0.2) is 18.2 Å². The quantitative estimate of drug-likeness (QED) is 0.565. The zero-order valence-electron chi connectivity index (χ0n) is 16.5. The molecule has 8 nitrogen and oxygen atoms in total. The lowest BCUT2D eigenvalue weighted by molar-refractivity contribution is -0.122. The van der Waals surface area contributed by atoms with Gasteiger partial charge in [-0.2, -0.15) is 11.8 Å². The van der Waals surface area contributed by atoms with Gasteiger partial charge >= 0.3 is 6.09 Å². The SMILES string of the molecule is CSCC[C@H](N)C(=O)NCC1CN(c2ccc(N3CCNCC3)c(F)c2)C(=O)O1. The minimum Gasteiger partial charge on any atom is -0.442 e. The Hall–Kier alpha value is -2.04. The third-order valence-electron chi connectivity index (χ3n) is 5.05. The zero-order valence-corrected chi connectivity index (χ0v) is 17.3. The van der Waals surface area contributed by atoms with Crippen LogP contribution in [0, 0.1) is 5.82 Å². The molecule has 2 aliphatic rings. The number of benzene rings is 1. The molecule has 0 radical (unpaired) electrons. The molecule has 4 N–H and O–H groups in total. The summed E-state index contributed by atoms with van der Waals surface area (Å²) in [5.41, 5.74) is 6.81. The van der Waals surface area contributed by atoms with Crippen LogP contribution in [0.5, 0.6) is 0 Å². The summed E-state index contributed by atoms with van der Waals surface area (Å²) in [5, 5.41) is 5.96. The van der Waals surface area contributed by atoms with Crippen molar-refractivity contribution in [2.75, 3.05) is 61.1 Å². The Morgan fingerprint density at radius 3 is 2.90 bits per heavy atom. The highest BCUT2D eigenvalue weighted by Gasteiger charge is 2.33. The van der Waals surface area contributed by atoms with Gasteiger partial charge in [0.15, 0.2) is 0 Å². The van der Waals surface area contributed by atoms with Gasteiger partial charge in [0.05, 0.1) is 30.5 Å². The number of cyclic esters (lactones) is 1. The highest BCUT2D eigenvalue weighted by molar-refractivity contribution is 7.98. The number of nitrogens with two attached hydrogens (primary N) is 1. The summed E-state index contributed by atoms with van der Waals surface area (Å²) in [7, 11) is 0. The first-order valence-electron chi connectivity index (χ1n) is 9.75. The molecule has 1 unspecified atom stereocenters. The summed E-state index contributed by atoms with van der Waals surface area (Å²) in [6.07, 6.45) is 1.49. The fraction of sp³-hybridized carbons (Fsp3) is 0.579. The molecule has 2 aliphatic heterocycles. The second-order valence-corrected chi connectivity index (χ2v) is 8.11. The van der Waals surface area contributed by atoms with E-state index in [1.807, 2.05) is 11.2 Å². The number of nitrogens with zero attached hydrogens (tertiary/aromatic N) is 2. The van der Waals surface area contributed by atoms with Gasteiger partial charge in [0, 0.05) is 26.2 Å². The molecule has 2 amide bonds. The van der Waals surface area contributed by atoms with Crippen LogP contribution in [0.4, 0.5) is 20.6 Å². The number of piperazine rings is 1. The topological polar surface area (TPSA) is 99.9 Å². The molecule has 2 heterocycles. The van der Waals surface area contributed by atoms with Crippen LogP contribution in [-0.4, -0.2) is 75.4 Å². The summed E-state index contributed by atoms with van der Waals surface area (Å²) in [5.74, 6) is 0.171. The van der Waals surface area contributed by atoms with Crippen LogP contribution in [0.1, 0.15) is 6.42 Å². The van der Waals surface area contributed by atoms with E-state index in [0.29, 0.717) is 17.8 Å². The Kier molecular flexibility index (Phi) is 7.57. The highest BCUT2D eigenvalue weighted by atomic mass is 32.2. The third-order valence-corrected chi connectivity index (χ3v) is 5.69. The number of carbonyl (C=O) groups is 2. The van der Waals surface area contributed by atoms with E-state index in [4.69, 9.17) is 10.5 Å². The van der Waals surface area contributed by atoms with E-state index in [9.17, 15) is 14.0 Å². The molecule has 2 atom stereocenters. The first-order chi connectivity index (χ1) is 14.0. The molecule has 2 saturated heterocycles. The summed E-state index contributed by atoms with van der Waals surface area (Å²) < 4.78 is 20.0. The third kappa shape index (κ3) is 5.52. The van der Waals surface area contributed by atoms with Gasteiger partial charge in [-0.25, -0.2) is 9.18 Å². The molecule has 10 heteroatoms. The molecule has 29 heavy (non-hydrogen) atoms. The second-order valence-electron chi connectivity index (χ2n) is 7.12. The van der Waals surface area contributed by atoms with Gasteiger partial charge in [0.2, 0.25) is 5.91 Å². The lowest BCUT2D eigenvalue weighted by Crippen LogP contribution is -2.44. The van der Waals surface area contributed by atoms with Gasteiger partial charge in [-0.1, -0.05) is 0 Å². The number of nitrogens with one attached hydrogen (secondary N) is 2. The maximum Gasteiger partial charge on any atom is 0.414 e. The number of hydrogen-bond donors (Lipinski definition) is 3. The van der Waals surface area contributed by atoms with Crippen LogP contribution >= 0.6 is 11.8 Å². The zero-order chi connectivity index (χ0) is 20.8. The van der Waals surface area contributed by atoms with Crippen LogP contribution < -0.4 is 26.2 Å². The van der Waals surface area contributed by atoms with Crippen LogP contribution in [0.25, 0.3) is 0 Å². The first-order valence-corrected chi connectivity index (χ1v) is 11.1. The van der Waals surface area contributed by atoms with Crippen molar-refractivity contribution >= 4 is 35.1 Å². The van der Waals surface area contributed by atoms with Gasteiger partial charge in [0.1, 0.15) is 11.9 Å². The first kappa shape index (κ1) is 21.7. The number of ether oxygens (including phenoxy) is 1. The monoisotopic (exact) mass is 425 g/mol. The van der Waals surface area contributed by atoms with Gasteiger partial charge < -0.3 is 26.0 Å². The van der Waals surface area contributed by atoms with E-state index in [1.54, 1.807) is 23.9 Å². The Labute approximate surface area is 174 Å². The number of halogens is 1. The Morgan fingerprint density at radius 2 is 2.21 bits per heavy atom. The van der Waals surface area contributed by atoms with E-state index in [0.717, 1.165) is 31.9 Å². The van der Waals surface area contributed by atoms with Crippen molar-refractivity contribution in [3.8, 4) is 0 Å². The highest BCUT2D eigenvalue weighted by Crippen LogP contribution is 2.28. The summed E-state index contributed by atoms with van der Waals surface area (Å²) >= 11 is 1.63. The average Bonchev–Trinajstić information content (AvgIpc) is 3.11. The van der Waals surface area contributed by atoms with E-state index in [-0.39, 0.29) is 24.8 Å². The Morgan fingerprint density at radius 1 is 1.45 bits per heavy atom. The molecule has 0 bridgehead atoms. The van der Waals surface area contributed by atoms with Crippen molar-refractivity contribution in [1.82, 2.24) is 10.6 Å². The smallest absolute Gasteiger partial charge is 0.414 e. The molecule has 1 aromatic carbocycles. The second kappa shape index (κ2) is 10.1. The number of thioether (sulfide) groups is 1. The normalized spacial score (nSPS) is 20.5. The summed E-state index contributed by atoms with van der Waals surface area (Å²) in [4.78, 5) is 27.6. The number of rotatable bonds is 8. The Balaban J connectivity index is 1.56. The molecule has 0 spiro atoms. The van der Waals surface area contributed by atoms with Crippen LogP contribution in [-0.2, 0) is 9.53 Å². The molecule has 0 saturated carbocycles. The van der Waals surface area contributed by atoms with Crippen LogP contribution in [0.3, 0.4) is 0 Å². The predicted octanol–water partition coefficient (Wildman–Crippen LogP) is 0.757. The van der Waals surface area contributed by atoms with Crippen molar-refractivity contribution in [2.24, 2.45) is 5.73 Å². The van der Waals surface area contributed by atoms with Crippen molar-refractivity contribution in [3.63, 3.8) is 0 Å². The summed E-state index contributed by atoms with van der Waals surface area (Å²) in [6, 6.07) is 4.20. The molecule has 0 aliphatic carbocycles. The molecule has 3 rings (SSSR count). The van der Waals surface area contributed by atoms with Gasteiger partial charge in [-0.05, 0) is 36.6 Å². The lowest BCUT2D eigenvalue weighted by atomic mass is 10.2.